The van der Waals surface area contributed by atoms with Crippen LogP contribution in [-0.2, 0) is 17.8 Å². The SMILES string of the molecule is Cc1nc(C)c(CC(=O)N(C)Cc2ccsc2)c(=O)[nH]1. The van der Waals surface area contributed by atoms with E-state index in [0.29, 0.717) is 23.6 Å². The summed E-state index contributed by atoms with van der Waals surface area (Å²) in [5.74, 6) is 0.478. The Balaban J connectivity index is 2.10. The van der Waals surface area contributed by atoms with Crippen LogP contribution in [0.5, 0.6) is 0 Å². The Morgan fingerprint density at radius 2 is 2.20 bits per heavy atom. The number of hydrogen-bond donors (Lipinski definition) is 1. The Morgan fingerprint density at radius 1 is 1.45 bits per heavy atom. The van der Waals surface area contributed by atoms with Crippen molar-refractivity contribution >= 4 is 17.2 Å². The largest absolute Gasteiger partial charge is 0.341 e. The van der Waals surface area contributed by atoms with Gasteiger partial charge in [0.25, 0.3) is 5.56 Å². The van der Waals surface area contributed by atoms with Crippen LogP contribution in [0.3, 0.4) is 0 Å². The summed E-state index contributed by atoms with van der Waals surface area (Å²) in [5.41, 5.74) is 1.92. The molecule has 0 atom stereocenters. The fourth-order valence-electron chi connectivity index (χ4n) is 1.99. The quantitative estimate of drug-likeness (QED) is 0.931. The lowest BCUT2D eigenvalue weighted by atomic mass is 10.1. The van der Waals surface area contributed by atoms with E-state index < -0.39 is 0 Å². The molecular weight excluding hydrogens is 274 g/mol. The van der Waals surface area contributed by atoms with Crippen molar-refractivity contribution in [2.45, 2.75) is 26.8 Å². The molecule has 0 bridgehead atoms. The lowest BCUT2D eigenvalue weighted by molar-refractivity contribution is -0.129. The number of likely N-dealkylation sites (N-methyl/N-ethyl adjacent to an activating group) is 1. The summed E-state index contributed by atoms with van der Waals surface area (Å²) in [7, 11) is 1.74. The van der Waals surface area contributed by atoms with Crippen molar-refractivity contribution in [1.29, 1.82) is 0 Å². The number of aromatic nitrogens is 2. The van der Waals surface area contributed by atoms with E-state index in [0.717, 1.165) is 5.56 Å². The summed E-state index contributed by atoms with van der Waals surface area (Å²) in [6.07, 6.45) is 0.0785. The van der Waals surface area contributed by atoms with Crippen molar-refractivity contribution < 1.29 is 4.79 Å². The summed E-state index contributed by atoms with van der Waals surface area (Å²) >= 11 is 1.60. The maximum absolute atomic E-state index is 12.2. The Bertz CT molecular complexity index is 662. The molecule has 6 heteroatoms. The van der Waals surface area contributed by atoms with Crippen LogP contribution in [0, 0.1) is 13.8 Å². The van der Waals surface area contributed by atoms with Crippen molar-refractivity contribution in [3.63, 3.8) is 0 Å². The first kappa shape index (κ1) is 14.5. The molecule has 0 spiro atoms. The van der Waals surface area contributed by atoms with Gasteiger partial charge >= 0.3 is 0 Å². The molecule has 0 unspecified atom stereocenters. The molecule has 1 amide bonds. The fourth-order valence-corrected chi connectivity index (χ4v) is 2.65. The fraction of sp³-hybridized carbons (Fsp3) is 0.357. The van der Waals surface area contributed by atoms with E-state index >= 15 is 0 Å². The summed E-state index contributed by atoms with van der Waals surface area (Å²) in [6, 6.07) is 1.99. The van der Waals surface area contributed by atoms with Crippen LogP contribution in [0.1, 0.15) is 22.6 Å². The number of amides is 1. The van der Waals surface area contributed by atoms with E-state index in [1.54, 1.807) is 37.1 Å². The van der Waals surface area contributed by atoms with Crippen LogP contribution in [0.15, 0.2) is 21.6 Å². The Hall–Kier alpha value is -1.95. The highest BCUT2D eigenvalue weighted by Crippen LogP contribution is 2.10. The Labute approximate surface area is 121 Å². The molecule has 0 aromatic carbocycles. The van der Waals surface area contributed by atoms with Gasteiger partial charge in [-0.25, -0.2) is 4.98 Å². The van der Waals surface area contributed by atoms with Crippen LogP contribution >= 0.6 is 11.3 Å². The van der Waals surface area contributed by atoms with Gasteiger partial charge in [0.1, 0.15) is 5.82 Å². The highest BCUT2D eigenvalue weighted by Gasteiger charge is 2.15. The van der Waals surface area contributed by atoms with Gasteiger partial charge in [-0.15, -0.1) is 0 Å². The number of carbonyl (C=O) groups is 1. The molecule has 0 saturated carbocycles. The molecule has 106 valence electrons. The summed E-state index contributed by atoms with van der Waals surface area (Å²) in [4.78, 5) is 32.5. The second-order valence-electron chi connectivity index (χ2n) is 4.77. The van der Waals surface area contributed by atoms with E-state index in [-0.39, 0.29) is 17.9 Å². The molecule has 5 nitrogen and oxygen atoms in total. The second-order valence-corrected chi connectivity index (χ2v) is 5.55. The van der Waals surface area contributed by atoms with Gasteiger partial charge in [-0.05, 0) is 36.2 Å². The van der Waals surface area contributed by atoms with Gasteiger partial charge in [0.2, 0.25) is 5.91 Å². The van der Waals surface area contributed by atoms with Crippen LogP contribution in [-0.4, -0.2) is 27.8 Å². The van der Waals surface area contributed by atoms with Gasteiger partial charge in [0.05, 0.1) is 6.42 Å². The number of H-pyrrole nitrogens is 1. The lowest BCUT2D eigenvalue weighted by Gasteiger charge is -2.16. The van der Waals surface area contributed by atoms with Crippen LogP contribution in [0.25, 0.3) is 0 Å². The minimum Gasteiger partial charge on any atom is -0.341 e. The number of carbonyl (C=O) groups excluding carboxylic acids is 1. The lowest BCUT2D eigenvalue weighted by Crippen LogP contribution is -2.30. The first-order valence-corrected chi connectivity index (χ1v) is 7.23. The van der Waals surface area contributed by atoms with E-state index in [2.05, 4.69) is 9.97 Å². The minimum atomic E-state index is -0.229. The molecular formula is C14H17N3O2S. The molecule has 0 saturated heterocycles. The molecule has 20 heavy (non-hydrogen) atoms. The zero-order valence-electron chi connectivity index (χ0n) is 11.8. The maximum Gasteiger partial charge on any atom is 0.254 e. The monoisotopic (exact) mass is 291 g/mol. The molecule has 0 radical (unpaired) electrons. The zero-order chi connectivity index (χ0) is 14.7. The Morgan fingerprint density at radius 3 is 2.80 bits per heavy atom. The van der Waals surface area contributed by atoms with E-state index in [1.807, 2.05) is 16.8 Å². The van der Waals surface area contributed by atoms with Crippen molar-refractivity contribution in [2.75, 3.05) is 7.05 Å². The third-order valence-electron chi connectivity index (χ3n) is 3.09. The zero-order valence-corrected chi connectivity index (χ0v) is 12.6. The first-order valence-electron chi connectivity index (χ1n) is 6.29. The number of aromatic amines is 1. The number of thiophene rings is 1. The van der Waals surface area contributed by atoms with E-state index in [1.165, 1.54) is 0 Å². The molecule has 0 aliphatic carbocycles. The maximum atomic E-state index is 12.2. The topological polar surface area (TPSA) is 66.1 Å². The molecule has 0 fully saturated rings. The first-order chi connectivity index (χ1) is 9.47. The number of nitrogens with one attached hydrogen (secondary N) is 1. The van der Waals surface area contributed by atoms with Gasteiger partial charge in [0, 0.05) is 24.8 Å². The number of hydrogen-bond acceptors (Lipinski definition) is 4. The standard InChI is InChI=1S/C14H17N3O2S/c1-9-12(14(19)16-10(2)15-9)6-13(18)17(3)7-11-4-5-20-8-11/h4-5,8H,6-7H2,1-3H3,(H,15,16,19). The third-order valence-corrected chi connectivity index (χ3v) is 3.83. The summed E-state index contributed by atoms with van der Waals surface area (Å²) in [5, 5.41) is 3.99. The van der Waals surface area contributed by atoms with E-state index in [4.69, 9.17) is 0 Å². The molecule has 1 N–H and O–H groups in total. The highest BCUT2D eigenvalue weighted by molar-refractivity contribution is 7.07. The van der Waals surface area contributed by atoms with Crippen molar-refractivity contribution in [3.8, 4) is 0 Å². The van der Waals surface area contributed by atoms with Crippen molar-refractivity contribution in [2.24, 2.45) is 0 Å². The molecule has 0 aliphatic rings. The normalized spacial score (nSPS) is 10.6. The summed E-state index contributed by atoms with van der Waals surface area (Å²) in [6.45, 7) is 4.03. The van der Waals surface area contributed by atoms with Gasteiger partial charge in [-0.3, -0.25) is 9.59 Å². The predicted octanol–water partition coefficient (Wildman–Crippen LogP) is 1.65. The Kier molecular flexibility index (Phi) is 4.34. The molecule has 2 aromatic heterocycles. The average molecular weight is 291 g/mol. The smallest absolute Gasteiger partial charge is 0.254 e. The minimum absolute atomic E-state index is 0.0785. The molecule has 2 rings (SSSR count). The number of nitrogens with zero attached hydrogens (tertiary/aromatic N) is 2. The highest BCUT2D eigenvalue weighted by atomic mass is 32.1. The molecule has 2 heterocycles. The predicted molar refractivity (Wildman–Crippen MR) is 78.8 cm³/mol. The van der Waals surface area contributed by atoms with E-state index in [9.17, 15) is 9.59 Å². The van der Waals surface area contributed by atoms with Gasteiger partial charge in [0.15, 0.2) is 0 Å². The van der Waals surface area contributed by atoms with Gasteiger partial charge in [-0.1, -0.05) is 0 Å². The van der Waals surface area contributed by atoms with Crippen LogP contribution in [0.4, 0.5) is 0 Å². The third kappa shape index (κ3) is 3.33. The van der Waals surface area contributed by atoms with Gasteiger partial charge in [-0.2, -0.15) is 11.3 Å². The van der Waals surface area contributed by atoms with Crippen LogP contribution in [0.2, 0.25) is 0 Å². The van der Waals surface area contributed by atoms with Crippen molar-refractivity contribution in [3.05, 3.63) is 49.8 Å². The van der Waals surface area contributed by atoms with Gasteiger partial charge < -0.3 is 9.88 Å². The van der Waals surface area contributed by atoms with Crippen molar-refractivity contribution in [1.82, 2.24) is 14.9 Å². The average Bonchev–Trinajstić information content (AvgIpc) is 2.86. The van der Waals surface area contributed by atoms with Crippen LogP contribution < -0.4 is 5.56 Å². The second kappa shape index (κ2) is 6.00. The molecule has 2 aromatic rings. The number of rotatable bonds is 4. The molecule has 0 aliphatic heterocycles. The number of aryl methyl sites for hydroxylation is 2. The summed E-state index contributed by atoms with van der Waals surface area (Å²) < 4.78 is 0.